The van der Waals surface area contributed by atoms with E-state index in [9.17, 15) is 9.59 Å². The SMILES string of the molecule is CSCC[C@@H](NC(C)=O)C(=O)NCc1ccccc1. The van der Waals surface area contributed by atoms with Gasteiger partial charge in [-0.3, -0.25) is 9.59 Å². The Bertz CT molecular complexity index is 409. The lowest BCUT2D eigenvalue weighted by atomic mass is 10.2. The van der Waals surface area contributed by atoms with E-state index in [0.717, 1.165) is 11.3 Å². The smallest absolute Gasteiger partial charge is 0.242 e. The van der Waals surface area contributed by atoms with Crippen molar-refractivity contribution in [2.24, 2.45) is 0 Å². The lowest BCUT2D eigenvalue weighted by Gasteiger charge is -2.17. The predicted octanol–water partition coefficient (Wildman–Crippen LogP) is 1.56. The first-order valence-corrected chi connectivity index (χ1v) is 7.60. The van der Waals surface area contributed by atoms with Gasteiger partial charge in [0, 0.05) is 13.5 Å². The molecule has 0 fully saturated rings. The van der Waals surface area contributed by atoms with E-state index in [4.69, 9.17) is 0 Å². The molecule has 0 aliphatic carbocycles. The topological polar surface area (TPSA) is 58.2 Å². The Balaban J connectivity index is 2.48. The maximum absolute atomic E-state index is 12.0. The highest BCUT2D eigenvalue weighted by atomic mass is 32.2. The zero-order valence-electron chi connectivity index (χ0n) is 11.3. The Morgan fingerprint density at radius 3 is 2.53 bits per heavy atom. The summed E-state index contributed by atoms with van der Waals surface area (Å²) in [6.07, 6.45) is 2.62. The highest BCUT2D eigenvalue weighted by Gasteiger charge is 2.18. The summed E-state index contributed by atoms with van der Waals surface area (Å²) in [7, 11) is 0. The second-order valence-corrected chi connectivity index (χ2v) is 5.22. The van der Waals surface area contributed by atoms with Gasteiger partial charge in [0.1, 0.15) is 6.04 Å². The Labute approximate surface area is 118 Å². The van der Waals surface area contributed by atoms with E-state index in [2.05, 4.69) is 10.6 Å². The quantitative estimate of drug-likeness (QED) is 0.797. The molecule has 0 aliphatic heterocycles. The highest BCUT2D eigenvalue weighted by Crippen LogP contribution is 2.02. The molecular formula is C14H20N2O2S. The van der Waals surface area contributed by atoms with Crippen LogP contribution in [0.5, 0.6) is 0 Å². The molecule has 1 atom stereocenters. The van der Waals surface area contributed by atoms with E-state index in [1.807, 2.05) is 36.6 Å². The molecule has 0 bridgehead atoms. The van der Waals surface area contributed by atoms with Gasteiger partial charge in [0.15, 0.2) is 0 Å². The normalized spacial score (nSPS) is 11.7. The first-order chi connectivity index (χ1) is 9.13. The number of benzene rings is 1. The third kappa shape index (κ3) is 6.29. The molecule has 0 unspecified atom stereocenters. The van der Waals surface area contributed by atoms with Crippen LogP contribution in [0.3, 0.4) is 0 Å². The van der Waals surface area contributed by atoms with Crippen LogP contribution in [0.4, 0.5) is 0 Å². The van der Waals surface area contributed by atoms with Gasteiger partial charge in [0.25, 0.3) is 0 Å². The average molecular weight is 280 g/mol. The summed E-state index contributed by atoms with van der Waals surface area (Å²) in [5.74, 6) is 0.526. The van der Waals surface area contributed by atoms with Crippen molar-refractivity contribution in [3.8, 4) is 0 Å². The number of amides is 2. The van der Waals surface area contributed by atoms with Gasteiger partial charge in [0.05, 0.1) is 0 Å². The first-order valence-electron chi connectivity index (χ1n) is 6.21. The van der Waals surface area contributed by atoms with Gasteiger partial charge >= 0.3 is 0 Å². The molecule has 1 rings (SSSR count). The fourth-order valence-electron chi connectivity index (χ4n) is 1.66. The van der Waals surface area contributed by atoms with E-state index in [1.54, 1.807) is 11.8 Å². The summed E-state index contributed by atoms with van der Waals surface area (Å²) >= 11 is 1.66. The largest absolute Gasteiger partial charge is 0.350 e. The van der Waals surface area contributed by atoms with Gasteiger partial charge in [-0.2, -0.15) is 11.8 Å². The maximum atomic E-state index is 12.0. The lowest BCUT2D eigenvalue weighted by Crippen LogP contribution is -2.46. The van der Waals surface area contributed by atoms with Crippen molar-refractivity contribution in [2.45, 2.75) is 25.9 Å². The van der Waals surface area contributed by atoms with Gasteiger partial charge in [-0.1, -0.05) is 30.3 Å². The van der Waals surface area contributed by atoms with Gasteiger partial charge in [0.2, 0.25) is 11.8 Å². The molecule has 5 heteroatoms. The van der Waals surface area contributed by atoms with Crippen molar-refractivity contribution in [1.29, 1.82) is 0 Å². The van der Waals surface area contributed by atoms with Gasteiger partial charge in [-0.05, 0) is 24.0 Å². The third-order valence-electron chi connectivity index (χ3n) is 2.61. The standard InChI is InChI=1S/C14H20N2O2S/c1-11(17)16-13(8-9-19-2)14(18)15-10-12-6-4-3-5-7-12/h3-7,13H,8-10H2,1-2H3,(H,15,18)(H,16,17)/t13-/m1/s1. The molecule has 19 heavy (non-hydrogen) atoms. The molecule has 104 valence electrons. The molecule has 0 heterocycles. The fraction of sp³-hybridized carbons (Fsp3) is 0.429. The van der Waals surface area contributed by atoms with E-state index in [1.165, 1.54) is 6.92 Å². The molecule has 1 aromatic carbocycles. The Morgan fingerprint density at radius 2 is 1.95 bits per heavy atom. The number of rotatable bonds is 7. The molecule has 2 amide bonds. The number of hydrogen-bond donors (Lipinski definition) is 2. The molecule has 0 saturated carbocycles. The second kappa shape index (κ2) is 8.58. The van der Waals surface area contributed by atoms with Crippen LogP contribution < -0.4 is 10.6 Å². The number of carbonyl (C=O) groups excluding carboxylic acids is 2. The Kier molecular flexibility index (Phi) is 7.03. The number of hydrogen-bond acceptors (Lipinski definition) is 3. The lowest BCUT2D eigenvalue weighted by molar-refractivity contribution is -0.128. The Morgan fingerprint density at radius 1 is 1.26 bits per heavy atom. The molecular weight excluding hydrogens is 260 g/mol. The zero-order valence-corrected chi connectivity index (χ0v) is 12.1. The molecule has 2 N–H and O–H groups in total. The van der Waals surface area contributed by atoms with Crippen molar-refractivity contribution in [3.63, 3.8) is 0 Å². The minimum Gasteiger partial charge on any atom is -0.350 e. The van der Waals surface area contributed by atoms with Crippen LogP contribution in [0.1, 0.15) is 18.9 Å². The van der Waals surface area contributed by atoms with Crippen LogP contribution in [0.15, 0.2) is 30.3 Å². The minimum absolute atomic E-state index is 0.131. The van der Waals surface area contributed by atoms with Crippen molar-refractivity contribution in [2.75, 3.05) is 12.0 Å². The van der Waals surface area contributed by atoms with Crippen LogP contribution in [-0.2, 0) is 16.1 Å². The summed E-state index contributed by atoms with van der Waals surface area (Å²) < 4.78 is 0. The number of thioether (sulfide) groups is 1. The van der Waals surface area contributed by atoms with Crippen molar-refractivity contribution in [1.82, 2.24) is 10.6 Å². The molecule has 4 nitrogen and oxygen atoms in total. The highest BCUT2D eigenvalue weighted by molar-refractivity contribution is 7.98. The van der Waals surface area contributed by atoms with Crippen LogP contribution in [-0.4, -0.2) is 29.9 Å². The first kappa shape index (κ1) is 15.6. The summed E-state index contributed by atoms with van der Waals surface area (Å²) in [6.45, 7) is 1.91. The number of nitrogens with one attached hydrogen (secondary N) is 2. The predicted molar refractivity (Wildman–Crippen MR) is 78.9 cm³/mol. The van der Waals surface area contributed by atoms with Crippen molar-refractivity contribution >= 4 is 23.6 Å². The zero-order chi connectivity index (χ0) is 14.1. The molecule has 0 radical (unpaired) electrons. The van der Waals surface area contributed by atoms with Crippen LogP contribution in [0.25, 0.3) is 0 Å². The number of carbonyl (C=O) groups is 2. The van der Waals surface area contributed by atoms with Gasteiger partial charge in [-0.15, -0.1) is 0 Å². The third-order valence-corrected chi connectivity index (χ3v) is 3.26. The molecule has 0 saturated heterocycles. The molecule has 0 spiro atoms. The monoisotopic (exact) mass is 280 g/mol. The van der Waals surface area contributed by atoms with Crippen LogP contribution >= 0.6 is 11.8 Å². The minimum atomic E-state index is -0.450. The van der Waals surface area contributed by atoms with Crippen LogP contribution in [0.2, 0.25) is 0 Å². The second-order valence-electron chi connectivity index (χ2n) is 4.24. The fourth-order valence-corrected chi connectivity index (χ4v) is 2.13. The molecule has 0 aromatic heterocycles. The van der Waals surface area contributed by atoms with E-state index in [0.29, 0.717) is 13.0 Å². The van der Waals surface area contributed by atoms with Crippen molar-refractivity contribution < 1.29 is 9.59 Å². The molecule has 1 aromatic rings. The van der Waals surface area contributed by atoms with E-state index >= 15 is 0 Å². The van der Waals surface area contributed by atoms with E-state index in [-0.39, 0.29) is 11.8 Å². The van der Waals surface area contributed by atoms with Crippen molar-refractivity contribution in [3.05, 3.63) is 35.9 Å². The van der Waals surface area contributed by atoms with E-state index < -0.39 is 6.04 Å². The molecule has 0 aliphatic rings. The summed E-state index contributed by atoms with van der Waals surface area (Å²) in [5, 5.41) is 5.54. The Hall–Kier alpha value is -1.49. The van der Waals surface area contributed by atoms with Crippen LogP contribution in [0, 0.1) is 0 Å². The van der Waals surface area contributed by atoms with Gasteiger partial charge < -0.3 is 10.6 Å². The average Bonchev–Trinajstić information content (AvgIpc) is 2.41. The van der Waals surface area contributed by atoms with Gasteiger partial charge in [-0.25, -0.2) is 0 Å². The summed E-state index contributed by atoms with van der Waals surface area (Å²) in [4.78, 5) is 23.1. The maximum Gasteiger partial charge on any atom is 0.242 e. The summed E-state index contributed by atoms with van der Waals surface area (Å²) in [6, 6.07) is 9.25. The summed E-state index contributed by atoms with van der Waals surface area (Å²) in [5.41, 5.74) is 1.04.